The number of nitrogens with zero attached hydrogens (tertiary/aromatic N) is 2. The van der Waals surface area contributed by atoms with Crippen LogP contribution in [0.1, 0.15) is 30.5 Å². The Kier molecular flexibility index (Phi) is 9.93. The van der Waals surface area contributed by atoms with Gasteiger partial charge in [-0.3, -0.25) is 4.79 Å². The second-order valence-corrected chi connectivity index (χ2v) is 6.92. The highest BCUT2D eigenvalue weighted by molar-refractivity contribution is 14.0. The molecule has 2 aromatic rings. The minimum atomic E-state index is 0. The van der Waals surface area contributed by atoms with Gasteiger partial charge in [0.25, 0.3) is 0 Å². The number of nitrogens with one attached hydrogen (secondary N) is 2. The standard InChI is InChI=1S/C23H30N4O2.HI/c1-3-24-23(25-15-19-10-7-8-12-21(19)29-4-2)26-16-22(28)27-14-13-18-9-5-6-11-20(18)17-27;/h5-12H,3-4,13-17H2,1-2H3,(H2,24,25,26);1H. The van der Waals surface area contributed by atoms with E-state index >= 15 is 0 Å². The first kappa shape index (κ1) is 24.0. The van der Waals surface area contributed by atoms with Gasteiger partial charge in [0.05, 0.1) is 19.7 Å². The van der Waals surface area contributed by atoms with Crippen LogP contribution in [0.5, 0.6) is 5.75 Å². The monoisotopic (exact) mass is 522 g/mol. The summed E-state index contributed by atoms with van der Waals surface area (Å²) in [5.41, 5.74) is 3.60. The van der Waals surface area contributed by atoms with Crippen molar-refractivity contribution in [3.05, 3.63) is 65.2 Å². The van der Waals surface area contributed by atoms with Crippen molar-refractivity contribution in [1.29, 1.82) is 0 Å². The molecule has 6 nitrogen and oxygen atoms in total. The molecular weight excluding hydrogens is 491 g/mol. The molecular formula is C23H31IN4O2. The molecule has 2 aromatic carbocycles. The van der Waals surface area contributed by atoms with E-state index in [4.69, 9.17) is 4.74 Å². The second kappa shape index (κ2) is 12.4. The van der Waals surface area contributed by atoms with E-state index < -0.39 is 0 Å². The molecule has 162 valence electrons. The Bertz CT molecular complexity index is 857. The topological polar surface area (TPSA) is 66.0 Å². The minimum Gasteiger partial charge on any atom is -0.494 e. The molecule has 0 fully saturated rings. The number of para-hydroxylation sites is 1. The summed E-state index contributed by atoms with van der Waals surface area (Å²) >= 11 is 0. The number of carbonyl (C=O) groups is 1. The molecule has 0 spiro atoms. The van der Waals surface area contributed by atoms with Gasteiger partial charge in [0.15, 0.2) is 5.96 Å². The number of fused-ring (bicyclic) bond motifs is 1. The van der Waals surface area contributed by atoms with Crippen molar-refractivity contribution < 1.29 is 9.53 Å². The molecule has 7 heteroatoms. The molecule has 3 rings (SSSR count). The summed E-state index contributed by atoms with van der Waals surface area (Å²) in [6, 6.07) is 16.2. The smallest absolute Gasteiger partial charge is 0.242 e. The number of guanidine groups is 1. The van der Waals surface area contributed by atoms with Crippen molar-refractivity contribution in [2.24, 2.45) is 4.99 Å². The van der Waals surface area contributed by atoms with Gasteiger partial charge in [0, 0.05) is 25.2 Å². The summed E-state index contributed by atoms with van der Waals surface area (Å²) in [7, 11) is 0. The second-order valence-electron chi connectivity index (χ2n) is 6.92. The zero-order valence-electron chi connectivity index (χ0n) is 17.7. The van der Waals surface area contributed by atoms with Crippen LogP contribution in [0.2, 0.25) is 0 Å². The van der Waals surface area contributed by atoms with Crippen molar-refractivity contribution in [1.82, 2.24) is 15.5 Å². The first-order valence-electron chi connectivity index (χ1n) is 10.3. The Hall–Kier alpha value is -2.29. The van der Waals surface area contributed by atoms with E-state index in [1.54, 1.807) is 0 Å². The number of halogens is 1. The van der Waals surface area contributed by atoms with Crippen LogP contribution >= 0.6 is 24.0 Å². The van der Waals surface area contributed by atoms with Crippen LogP contribution in [0.25, 0.3) is 0 Å². The van der Waals surface area contributed by atoms with Crippen LogP contribution in [-0.4, -0.2) is 43.0 Å². The molecule has 1 amide bonds. The molecule has 0 aromatic heterocycles. The van der Waals surface area contributed by atoms with Gasteiger partial charge >= 0.3 is 0 Å². The van der Waals surface area contributed by atoms with Crippen molar-refractivity contribution in [2.75, 3.05) is 26.2 Å². The maximum atomic E-state index is 12.7. The summed E-state index contributed by atoms with van der Waals surface area (Å²) in [5.74, 6) is 1.56. The maximum absolute atomic E-state index is 12.7. The molecule has 1 aliphatic heterocycles. The van der Waals surface area contributed by atoms with Gasteiger partial charge in [-0.1, -0.05) is 42.5 Å². The zero-order chi connectivity index (χ0) is 20.5. The van der Waals surface area contributed by atoms with Crippen LogP contribution in [0.4, 0.5) is 0 Å². The minimum absolute atomic E-state index is 0. The highest BCUT2D eigenvalue weighted by Gasteiger charge is 2.20. The summed E-state index contributed by atoms with van der Waals surface area (Å²) in [4.78, 5) is 19.2. The molecule has 0 saturated heterocycles. The summed E-state index contributed by atoms with van der Waals surface area (Å²) < 4.78 is 5.66. The average Bonchev–Trinajstić information content (AvgIpc) is 2.76. The third-order valence-corrected chi connectivity index (χ3v) is 4.91. The lowest BCUT2D eigenvalue weighted by atomic mass is 10.00. The molecule has 0 saturated carbocycles. The van der Waals surface area contributed by atoms with Crippen molar-refractivity contribution in [2.45, 2.75) is 33.4 Å². The predicted octanol–water partition coefficient (Wildman–Crippen LogP) is 3.34. The molecule has 0 unspecified atom stereocenters. The first-order valence-corrected chi connectivity index (χ1v) is 10.3. The lowest BCUT2D eigenvalue weighted by molar-refractivity contribution is -0.130. The quantitative estimate of drug-likeness (QED) is 0.333. The molecule has 0 atom stereocenters. The number of hydrogen-bond donors (Lipinski definition) is 2. The van der Waals surface area contributed by atoms with Crippen LogP contribution in [-0.2, 0) is 24.3 Å². The number of ether oxygens (including phenoxy) is 1. The van der Waals surface area contributed by atoms with Gasteiger partial charge in [-0.15, -0.1) is 24.0 Å². The molecule has 1 heterocycles. The van der Waals surface area contributed by atoms with Gasteiger partial charge in [-0.05, 0) is 37.5 Å². The fraction of sp³-hybridized carbons (Fsp3) is 0.391. The van der Waals surface area contributed by atoms with Crippen LogP contribution in [0, 0.1) is 0 Å². The molecule has 30 heavy (non-hydrogen) atoms. The van der Waals surface area contributed by atoms with Gasteiger partial charge in [-0.2, -0.15) is 0 Å². The van der Waals surface area contributed by atoms with E-state index in [1.165, 1.54) is 11.1 Å². The van der Waals surface area contributed by atoms with Gasteiger partial charge in [0.2, 0.25) is 5.91 Å². The Morgan fingerprint density at radius 2 is 1.80 bits per heavy atom. The lowest BCUT2D eigenvalue weighted by Gasteiger charge is -2.29. The third-order valence-electron chi connectivity index (χ3n) is 4.91. The normalized spacial score (nSPS) is 13.1. The number of benzene rings is 2. The Morgan fingerprint density at radius 1 is 1.07 bits per heavy atom. The summed E-state index contributed by atoms with van der Waals surface area (Å²) in [6.45, 7) is 7.46. The van der Waals surface area contributed by atoms with Crippen molar-refractivity contribution >= 4 is 35.8 Å². The Balaban J connectivity index is 0.00000320. The van der Waals surface area contributed by atoms with Gasteiger partial charge < -0.3 is 20.3 Å². The number of amides is 1. The summed E-state index contributed by atoms with van der Waals surface area (Å²) in [5, 5.41) is 6.38. The van der Waals surface area contributed by atoms with E-state index in [0.717, 1.165) is 30.8 Å². The van der Waals surface area contributed by atoms with E-state index in [1.807, 2.05) is 49.1 Å². The number of carbonyl (C=O) groups excluding carboxylic acids is 1. The lowest BCUT2D eigenvalue weighted by Crippen LogP contribution is -2.45. The molecule has 2 N–H and O–H groups in total. The summed E-state index contributed by atoms with van der Waals surface area (Å²) in [6.07, 6.45) is 0.907. The average molecular weight is 522 g/mol. The van der Waals surface area contributed by atoms with Gasteiger partial charge in [0.1, 0.15) is 5.75 Å². The van der Waals surface area contributed by atoms with Crippen molar-refractivity contribution in [3.8, 4) is 5.75 Å². The predicted molar refractivity (Wildman–Crippen MR) is 131 cm³/mol. The molecule has 1 aliphatic rings. The molecule has 0 bridgehead atoms. The largest absolute Gasteiger partial charge is 0.494 e. The van der Waals surface area contributed by atoms with Crippen LogP contribution < -0.4 is 15.4 Å². The van der Waals surface area contributed by atoms with Crippen molar-refractivity contribution in [3.63, 3.8) is 0 Å². The fourth-order valence-electron chi connectivity index (χ4n) is 3.42. The molecule has 0 aliphatic carbocycles. The van der Waals surface area contributed by atoms with Crippen LogP contribution in [0.15, 0.2) is 53.5 Å². The highest BCUT2D eigenvalue weighted by Crippen LogP contribution is 2.19. The fourth-order valence-corrected chi connectivity index (χ4v) is 3.42. The van der Waals surface area contributed by atoms with E-state index in [9.17, 15) is 4.79 Å². The van der Waals surface area contributed by atoms with E-state index in [0.29, 0.717) is 25.7 Å². The van der Waals surface area contributed by atoms with Gasteiger partial charge in [-0.25, -0.2) is 4.99 Å². The number of aliphatic imine (C=N–C) groups is 1. The van der Waals surface area contributed by atoms with E-state index in [-0.39, 0.29) is 36.4 Å². The van der Waals surface area contributed by atoms with E-state index in [2.05, 4.69) is 33.8 Å². The number of hydrogen-bond acceptors (Lipinski definition) is 3. The SMILES string of the molecule is CCNC(=NCc1ccccc1OCC)NCC(=O)N1CCc2ccccc2C1.I. The third kappa shape index (κ3) is 6.62. The zero-order valence-corrected chi connectivity index (χ0v) is 20.0. The molecule has 0 radical (unpaired) electrons. The Labute approximate surface area is 196 Å². The first-order chi connectivity index (χ1) is 14.2. The highest BCUT2D eigenvalue weighted by atomic mass is 127. The number of rotatable bonds is 7. The van der Waals surface area contributed by atoms with Crippen LogP contribution in [0.3, 0.4) is 0 Å². The Morgan fingerprint density at radius 3 is 2.57 bits per heavy atom. The maximum Gasteiger partial charge on any atom is 0.242 e.